The number of sulfonamides is 1. The van der Waals surface area contributed by atoms with Gasteiger partial charge in [-0.2, -0.15) is 4.31 Å². The van der Waals surface area contributed by atoms with E-state index in [-0.39, 0.29) is 23.7 Å². The molecule has 0 amide bonds. The minimum atomic E-state index is -3.94. The molecular formula is C24H26ClN3O5S. The van der Waals surface area contributed by atoms with Crippen molar-refractivity contribution in [2.24, 2.45) is 0 Å². The normalized spacial score (nSPS) is 14.8. The van der Waals surface area contributed by atoms with Crippen LogP contribution in [0.4, 0.5) is 5.69 Å². The van der Waals surface area contributed by atoms with Crippen LogP contribution in [0.25, 0.3) is 10.9 Å². The minimum Gasteiger partial charge on any atom is -0.379 e. The van der Waals surface area contributed by atoms with Crippen molar-refractivity contribution in [3.8, 4) is 0 Å². The summed E-state index contributed by atoms with van der Waals surface area (Å²) in [6, 6.07) is 12.2. The molecule has 1 fully saturated rings. The molecule has 0 bridgehead atoms. The van der Waals surface area contributed by atoms with Gasteiger partial charge in [-0.05, 0) is 42.3 Å². The monoisotopic (exact) mass is 503 g/mol. The number of carbonyl (C=O) groups excluding carboxylic acids is 1. The van der Waals surface area contributed by atoms with Gasteiger partial charge in [0.15, 0.2) is 0 Å². The summed E-state index contributed by atoms with van der Waals surface area (Å²) < 4.78 is 33.7. The van der Waals surface area contributed by atoms with E-state index in [1.54, 1.807) is 36.4 Å². The molecule has 0 N–H and O–H groups in total. The highest BCUT2D eigenvalue weighted by Gasteiger charge is 2.32. The van der Waals surface area contributed by atoms with Crippen molar-refractivity contribution in [3.63, 3.8) is 0 Å². The average molecular weight is 504 g/mol. The van der Waals surface area contributed by atoms with Gasteiger partial charge in [0, 0.05) is 36.7 Å². The molecule has 180 valence electrons. The molecule has 34 heavy (non-hydrogen) atoms. The van der Waals surface area contributed by atoms with Crippen molar-refractivity contribution < 1.29 is 22.8 Å². The minimum absolute atomic E-state index is 0.0702. The highest BCUT2D eigenvalue weighted by molar-refractivity contribution is 7.89. The summed E-state index contributed by atoms with van der Waals surface area (Å²) >= 11 is 6.23. The van der Waals surface area contributed by atoms with E-state index >= 15 is 0 Å². The largest absolute Gasteiger partial charge is 0.379 e. The van der Waals surface area contributed by atoms with Gasteiger partial charge in [0.05, 0.1) is 24.3 Å². The van der Waals surface area contributed by atoms with Crippen LogP contribution in [0.5, 0.6) is 0 Å². The quantitative estimate of drug-likeness (QED) is 0.449. The smallest absolute Gasteiger partial charge is 0.363 e. The Bertz CT molecular complexity index is 1310. The van der Waals surface area contributed by atoms with Crippen LogP contribution < -0.4 is 5.06 Å². The maximum atomic E-state index is 13.5. The molecule has 0 radical (unpaired) electrons. The molecule has 0 spiro atoms. The lowest BCUT2D eigenvalue weighted by molar-refractivity contribution is 0.0476. The first-order valence-electron chi connectivity index (χ1n) is 11.0. The summed E-state index contributed by atoms with van der Waals surface area (Å²) in [5, 5.41) is 2.04. The van der Waals surface area contributed by atoms with Crippen LogP contribution in [-0.2, 0) is 26.0 Å². The highest BCUT2D eigenvalue weighted by Crippen LogP contribution is 2.35. The summed E-state index contributed by atoms with van der Waals surface area (Å²) in [5.41, 5.74) is 2.12. The van der Waals surface area contributed by atoms with Gasteiger partial charge < -0.3 is 9.57 Å². The summed E-state index contributed by atoms with van der Waals surface area (Å²) in [6.07, 6.45) is 3.08. The molecule has 1 aliphatic rings. The fourth-order valence-corrected chi connectivity index (χ4v) is 5.69. The summed E-state index contributed by atoms with van der Waals surface area (Å²) in [4.78, 5) is 22.9. The number of carbonyl (C=O) groups is 1. The molecule has 0 unspecified atom stereocenters. The summed E-state index contributed by atoms with van der Waals surface area (Å²) in [6.45, 7) is 3.13. The fraction of sp³-hybridized carbons (Fsp3) is 0.333. The number of pyridine rings is 1. The third kappa shape index (κ3) is 5.02. The van der Waals surface area contributed by atoms with E-state index in [2.05, 4.69) is 11.9 Å². The Morgan fingerprint density at radius 2 is 1.97 bits per heavy atom. The zero-order chi connectivity index (χ0) is 24.3. The van der Waals surface area contributed by atoms with Gasteiger partial charge in [0.25, 0.3) is 0 Å². The number of rotatable bonds is 7. The number of aryl methyl sites for hydroxylation is 1. The van der Waals surface area contributed by atoms with Crippen molar-refractivity contribution >= 4 is 44.2 Å². The molecule has 0 saturated carbocycles. The third-order valence-electron chi connectivity index (χ3n) is 5.59. The van der Waals surface area contributed by atoms with Gasteiger partial charge in [-0.1, -0.05) is 37.1 Å². The van der Waals surface area contributed by atoms with Crippen LogP contribution in [0.15, 0.2) is 53.6 Å². The predicted molar refractivity (Wildman–Crippen MR) is 131 cm³/mol. The zero-order valence-corrected chi connectivity index (χ0v) is 20.6. The van der Waals surface area contributed by atoms with E-state index in [0.29, 0.717) is 34.7 Å². The van der Waals surface area contributed by atoms with Crippen LogP contribution in [0.3, 0.4) is 0 Å². The van der Waals surface area contributed by atoms with Gasteiger partial charge in [0.1, 0.15) is 10.6 Å². The van der Waals surface area contributed by atoms with Gasteiger partial charge in [0.2, 0.25) is 10.0 Å². The molecule has 4 rings (SSSR count). The Hall–Kier alpha value is -2.72. The first-order valence-corrected chi connectivity index (χ1v) is 12.8. The number of ether oxygens (including phenoxy) is 1. The van der Waals surface area contributed by atoms with Crippen LogP contribution in [-0.4, -0.2) is 57.0 Å². The van der Waals surface area contributed by atoms with E-state index in [0.717, 1.165) is 18.4 Å². The van der Waals surface area contributed by atoms with Crippen molar-refractivity contribution in [1.82, 2.24) is 9.29 Å². The number of aromatic nitrogens is 1. The second-order valence-corrected chi connectivity index (χ2v) is 10.3. The fourth-order valence-electron chi connectivity index (χ4n) is 3.94. The van der Waals surface area contributed by atoms with Crippen LogP contribution in [0.1, 0.15) is 29.3 Å². The molecule has 10 heteroatoms. The molecule has 2 heterocycles. The molecule has 0 aliphatic carbocycles. The number of nitrogens with zero attached hydrogens (tertiary/aromatic N) is 3. The van der Waals surface area contributed by atoms with Crippen molar-refractivity contribution in [1.29, 1.82) is 0 Å². The highest BCUT2D eigenvalue weighted by atomic mass is 35.5. The number of hydrogen-bond acceptors (Lipinski definition) is 7. The summed E-state index contributed by atoms with van der Waals surface area (Å²) in [5.74, 6) is -0.595. The van der Waals surface area contributed by atoms with E-state index in [4.69, 9.17) is 21.2 Å². The molecule has 1 aromatic heterocycles. The van der Waals surface area contributed by atoms with Crippen molar-refractivity contribution in [2.75, 3.05) is 38.4 Å². The standard InChI is InChI=1S/C24H26ClN3O5S/c1-3-5-17-6-4-7-18(14-17)24(29)33-27(2)23-20-15-19(25)8-9-21(20)26-16-22(23)34(30,31)28-10-12-32-13-11-28/h4,6-9,14-16H,3,5,10-13H2,1-2H3. The Morgan fingerprint density at radius 3 is 2.71 bits per heavy atom. The molecule has 0 atom stereocenters. The van der Waals surface area contributed by atoms with Crippen LogP contribution in [0, 0.1) is 0 Å². The maximum Gasteiger partial charge on any atom is 0.363 e. The maximum absolute atomic E-state index is 13.5. The third-order valence-corrected chi connectivity index (χ3v) is 7.73. The number of hydroxylamine groups is 1. The Labute approximate surface area is 204 Å². The first-order chi connectivity index (χ1) is 16.3. The molecular weight excluding hydrogens is 478 g/mol. The van der Waals surface area contributed by atoms with Gasteiger partial charge in [-0.3, -0.25) is 4.98 Å². The van der Waals surface area contributed by atoms with E-state index in [1.807, 2.05) is 6.07 Å². The van der Waals surface area contributed by atoms with E-state index < -0.39 is 16.0 Å². The Balaban J connectivity index is 1.76. The lowest BCUT2D eigenvalue weighted by Crippen LogP contribution is -2.41. The zero-order valence-electron chi connectivity index (χ0n) is 19.0. The molecule has 8 nitrogen and oxygen atoms in total. The van der Waals surface area contributed by atoms with Crippen molar-refractivity contribution in [3.05, 3.63) is 64.8 Å². The van der Waals surface area contributed by atoms with Gasteiger partial charge in [-0.25, -0.2) is 18.3 Å². The summed E-state index contributed by atoms with van der Waals surface area (Å²) in [7, 11) is -2.44. The second-order valence-electron chi connectivity index (χ2n) is 7.98. The first kappa shape index (κ1) is 24.4. The van der Waals surface area contributed by atoms with E-state index in [9.17, 15) is 13.2 Å². The SMILES string of the molecule is CCCc1cccc(C(=O)ON(C)c2c(S(=O)(=O)N3CCOCC3)cnc3ccc(Cl)cc23)c1. The predicted octanol–water partition coefficient (Wildman–Crippen LogP) is 4.07. The second kappa shape index (κ2) is 10.3. The Kier molecular flexibility index (Phi) is 7.37. The number of anilines is 1. The van der Waals surface area contributed by atoms with Crippen LogP contribution >= 0.6 is 11.6 Å². The lowest BCUT2D eigenvalue weighted by atomic mass is 10.1. The molecule has 1 aliphatic heterocycles. The average Bonchev–Trinajstić information content (AvgIpc) is 2.84. The number of hydrogen-bond donors (Lipinski definition) is 0. The molecule has 1 saturated heterocycles. The van der Waals surface area contributed by atoms with Gasteiger partial charge in [-0.15, -0.1) is 0 Å². The van der Waals surface area contributed by atoms with Crippen LogP contribution in [0.2, 0.25) is 5.02 Å². The van der Waals surface area contributed by atoms with E-state index in [1.165, 1.54) is 22.6 Å². The molecule has 2 aromatic carbocycles. The number of halogens is 1. The lowest BCUT2D eigenvalue weighted by Gasteiger charge is -2.28. The Morgan fingerprint density at radius 1 is 1.21 bits per heavy atom. The van der Waals surface area contributed by atoms with Crippen molar-refractivity contribution in [2.45, 2.75) is 24.7 Å². The molecule has 3 aromatic rings. The number of benzene rings is 2. The number of fused-ring (bicyclic) bond motifs is 1. The topological polar surface area (TPSA) is 89.0 Å². The van der Waals surface area contributed by atoms with Gasteiger partial charge >= 0.3 is 5.97 Å². The number of morpholine rings is 1.